The van der Waals surface area contributed by atoms with Gasteiger partial charge in [-0.15, -0.1) is 0 Å². The number of nitrogens with zero attached hydrogens (tertiary/aromatic N) is 2. The number of hydrogen-bond acceptors (Lipinski definition) is 4. The fraction of sp³-hybridized carbons (Fsp3) is 0.333. The van der Waals surface area contributed by atoms with Crippen molar-refractivity contribution in [2.45, 2.75) is 25.6 Å². The van der Waals surface area contributed by atoms with Gasteiger partial charge in [-0.1, -0.05) is 12.1 Å². The van der Waals surface area contributed by atoms with Crippen molar-refractivity contribution in [2.75, 3.05) is 27.9 Å². The van der Waals surface area contributed by atoms with E-state index in [0.717, 1.165) is 30.6 Å². The van der Waals surface area contributed by atoms with Crippen molar-refractivity contribution in [3.05, 3.63) is 77.4 Å². The van der Waals surface area contributed by atoms with E-state index in [1.165, 1.54) is 17.8 Å². The van der Waals surface area contributed by atoms with Gasteiger partial charge in [0.25, 0.3) is 0 Å². The van der Waals surface area contributed by atoms with Gasteiger partial charge in [0.05, 0.1) is 27.4 Å². The largest absolute Gasteiger partial charge is 0.493 e. The molecule has 3 aromatic rings. The van der Waals surface area contributed by atoms with Crippen LogP contribution in [0.15, 0.2) is 54.7 Å². The summed E-state index contributed by atoms with van der Waals surface area (Å²) in [5, 5.41) is 0. The van der Waals surface area contributed by atoms with Gasteiger partial charge in [0.15, 0.2) is 11.5 Å². The van der Waals surface area contributed by atoms with Crippen molar-refractivity contribution < 1.29 is 18.6 Å². The lowest BCUT2D eigenvalue weighted by molar-refractivity contribution is 0.214. The Labute approximate surface area is 176 Å². The smallest absolute Gasteiger partial charge is 0.203 e. The Bertz CT molecular complexity index is 1000. The summed E-state index contributed by atoms with van der Waals surface area (Å²) >= 11 is 0. The number of hydrogen-bond donors (Lipinski definition) is 0. The van der Waals surface area contributed by atoms with Crippen LogP contribution < -0.4 is 14.2 Å². The van der Waals surface area contributed by atoms with Crippen molar-refractivity contribution in [3.63, 3.8) is 0 Å². The molecule has 0 fully saturated rings. The Morgan fingerprint density at radius 1 is 0.900 bits per heavy atom. The van der Waals surface area contributed by atoms with E-state index < -0.39 is 0 Å². The highest BCUT2D eigenvalue weighted by Crippen LogP contribution is 2.46. The molecule has 1 atom stereocenters. The number of halogens is 1. The van der Waals surface area contributed by atoms with Gasteiger partial charge in [0.1, 0.15) is 5.82 Å². The Balaban J connectivity index is 1.83. The average molecular weight is 410 g/mol. The average Bonchev–Trinajstić information content (AvgIpc) is 3.16. The maximum Gasteiger partial charge on any atom is 0.203 e. The zero-order chi connectivity index (χ0) is 21.1. The van der Waals surface area contributed by atoms with Gasteiger partial charge in [0.2, 0.25) is 5.75 Å². The first-order chi connectivity index (χ1) is 14.7. The molecule has 1 aliphatic rings. The van der Waals surface area contributed by atoms with E-state index in [1.54, 1.807) is 21.3 Å². The van der Waals surface area contributed by atoms with Crippen LogP contribution in [0.25, 0.3) is 0 Å². The normalized spacial score (nSPS) is 16.6. The number of benzene rings is 2. The summed E-state index contributed by atoms with van der Waals surface area (Å²) in [5.41, 5.74) is 3.28. The second kappa shape index (κ2) is 8.79. The van der Waals surface area contributed by atoms with E-state index >= 15 is 0 Å². The van der Waals surface area contributed by atoms with E-state index in [1.807, 2.05) is 24.3 Å². The molecular weight excluding hydrogens is 383 g/mol. The second-order valence-corrected chi connectivity index (χ2v) is 7.40. The minimum absolute atomic E-state index is 0.0395. The summed E-state index contributed by atoms with van der Waals surface area (Å²) in [7, 11) is 4.89. The van der Waals surface area contributed by atoms with Gasteiger partial charge in [-0.25, -0.2) is 4.39 Å². The highest BCUT2D eigenvalue weighted by molar-refractivity contribution is 5.58. The number of ether oxygens (including phenoxy) is 3. The molecule has 158 valence electrons. The van der Waals surface area contributed by atoms with Crippen LogP contribution >= 0.6 is 0 Å². The molecule has 2 aromatic carbocycles. The number of methoxy groups -OCH3 is 3. The summed E-state index contributed by atoms with van der Waals surface area (Å²) in [4.78, 5) is 2.41. The molecule has 2 heterocycles. The van der Waals surface area contributed by atoms with Gasteiger partial charge in [0, 0.05) is 37.1 Å². The number of fused-ring (bicyclic) bond motifs is 1. The van der Waals surface area contributed by atoms with Crippen LogP contribution in [0.4, 0.5) is 4.39 Å². The Morgan fingerprint density at radius 3 is 2.37 bits per heavy atom. The zero-order valence-corrected chi connectivity index (χ0v) is 17.6. The highest BCUT2D eigenvalue weighted by Gasteiger charge is 2.31. The van der Waals surface area contributed by atoms with Crippen LogP contribution in [0.3, 0.4) is 0 Å². The summed E-state index contributed by atoms with van der Waals surface area (Å²) in [6.45, 7) is 2.56. The maximum absolute atomic E-state index is 13.4. The van der Waals surface area contributed by atoms with E-state index in [2.05, 4.69) is 27.8 Å². The number of aromatic nitrogens is 1. The summed E-state index contributed by atoms with van der Waals surface area (Å²) in [6, 6.07) is 14.9. The van der Waals surface area contributed by atoms with Crippen LogP contribution in [-0.2, 0) is 13.1 Å². The van der Waals surface area contributed by atoms with Crippen LogP contribution in [0.1, 0.15) is 29.3 Å². The molecule has 0 amide bonds. The number of aryl methyl sites for hydroxylation is 1. The summed E-state index contributed by atoms with van der Waals surface area (Å²) in [6.07, 6.45) is 3.14. The third-order valence-corrected chi connectivity index (χ3v) is 5.68. The molecule has 0 radical (unpaired) electrons. The lowest BCUT2D eigenvalue weighted by atomic mass is 9.99. The predicted molar refractivity (Wildman–Crippen MR) is 114 cm³/mol. The van der Waals surface area contributed by atoms with Crippen molar-refractivity contribution in [1.82, 2.24) is 9.47 Å². The third kappa shape index (κ3) is 3.75. The monoisotopic (exact) mass is 410 g/mol. The van der Waals surface area contributed by atoms with Crippen molar-refractivity contribution in [2.24, 2.45) is 0 Å². The van der Waals surface area contributed by atoms with E-state index in [0.29, 0.717) is 23.8 Å². The van der Waals surface area contributed by atoms with Crippen LogP contribution in [0.2, 0.25) is 0 Å². The van der Waals surface area contributed by atoms with Crippen molar-refractivity contribution >= 4 is 0 Å². The van der Waals surface area contributed by atoms with Crippen LogP contribution in [0, 0.1) is 5.82 Å². The quantitative estimate of drug-likeness (QED) is 0.593. The first-order valence-electron chi connectivity index (χ1n) is 10.1. The SMILES string of the molecule is COc1ccc(C2c3cccn3CCCN2Cc2ccc(F)cc2)c(OC)c1OC. The molecule has 5 nitrogen and oxygen atoms in total. The van der Waals surface area contributed by atoms with Crippen molar-refractivity contribution in [1.29, 1.82) is 0 Å². The topological polar surface area (TPSA) is 35.9 Å². The van der Waals surface area contributed by atoms with E-state index in [-0.39, 0.29) is 11.9 Å². The number of rotatable bonds is 6. The zero-order valence-electron chi connectivity index (χ0n) is 17.6. The Kier molecular flexibility index (Phi) is 5.95. The summed E-state index contributed by atoms with van der Waals surface area (Å²) < 4.78 is 32.7. The molecular formula is C24H27FN2O3. The van der Waals surface area contributed by atoms with Gasteiger partial charge in [-0.3, -0.25) is 4.90 Å². The summed E-state index contributed by atoms with van der Waals surface area (Å²) in [5.74, 6) is 1.66. The third-order valence-electron chi connectivity index (χ3n) is 5.68. The maximum atomic E-state index is 13.4. The minimum atomic E-state index is -0.221. The molecule has 0 aliphatic carbocycles. The van der Waals surface area contributed by atoms with E-state index in [9.17, 15) is 4.39 Å². The molecule has 1 aliphatic heterocycles. The lowest BCUT2D eigenvalue weighted by Gasteiger charge is -2.32. The van der Waals surface area contributed by atoms with E-state index in [4.69, 9.17) is 14.2 Å². The van der Waals surface area contributed by atoms with Gasteiger partial charge in [-0.2, -0.15) is 0 Å². The van der Waals surface area contributed by atoms with Crippen LogP contribution in [0.5, 0.6) is 17.2 Å². The van der Waals surface area contributed by atoms with Gasteiger partial charge < -0.3 is 18.8 Å². The van der Waals surface area contributed by atoms with Gasteiger partial charge in [-0.05, 0) is 48.4 Å². The predicted octanol–water partition coefficient (Wildman–Crippen LogP) is 4.65. The molecule has 0 saturated heterocycles. The molecule has 0 saturated carbocycles. The molecule has 1 aromatic heterocycles. The van der Waals surface area contributed by atoms with Gasteiger partial charge >= 0.3 is 0 Å². The van der Waals surface area contributed by atoms with Crippen molar-refractivity contribution in [3.8, 4) is 17.2 Å². The first kappa shape index (κ1) is 20.3. The molecule has 0 N–H and O–H groups in total. The Morgan fingerprint density at radius 2 is 1.67 bits per heavy atom. The first-order valence-corrected chi connectivity index (χ1v) is 10.1. The molecule has 6 heteroatoms. The fourth-order valence-electron chi connectivity index (χ4n) is 4.33. The molecule has 0 bridgehead atoms. The molecule has 0 spiro atoms. The fourth-order valence-corrected chi connectivity index (χ4v) is 4.33. The second-order valence-electron chi connectivity index (χ2n) is 7.40. The minimum Gasteiger partial charge on any atom is -0.493 e. The molecule has 4 rings (SSSR count). The highest BCUT2D eigenvalue weighted by atomic mass is 19.1. The Hall–Kier alpha value is -2.99. The molecule has 30 heavy (non-hydrogen) atoms. The standard InChI is InChI=1S/C24H27FN2O3/c1-28-21-12-11-19(23(29-2)24(21)30-3)22-20-6-4-13-26(20)14-5-15-27(22)16-17-7-9-18(25)10-8-17/h4,6-13,22H,5,14-16H2,1-3H3. The molecule has 1 unspecified atom stereocenters. The van der Waals surface area contributed by atoms with Crippen LogP contribution in [-0.4, -0.2) is 37.3 Å². The lowest BCUT2D eigenvalue weighted by Crippen LogP contribution is -2.30.